The normalized spacial score (nSPS) is 21.7. The van der Waals surface area contributed by atoms with Gasteiger partial charge >= 0.3 is 7.82 Å². The molecule has 0 aromatic heterocycles. The Morgan fingerprint density at radius 2 is 1.35 bits per heavy atom. The second-order valence-corrected chi connectivity index (χ2v) is 8.53. The highest BCUT2D eigenvalue weighted by Gasteiger charge is 2.38. The standard InChI is InChI=1S/C21H27O4P/c1-7-17-18-11-13(3)9-15(5)20(18)24-26(22,23-8-2)25-21-16(6)10-14(4)12-19(17)21/h9-12,17H,7-8H2,1-6H3. The van der Waals surface area contributed by atoms with E-state index in [0.29, 0.717) is 11.5 Å². The van der Waals surface area contributed by atoms with Crippen molar-refractivity contribution in [2.45, 2.75) is 53.9 Å². The van der Waals surface area contributed by atoms with Gasteiger partial charge in [-0.2, -0.15) is 0 Å². The van der Waals surface area contributed by atoms with Crippen molar-refractivity contribution in [1.29, 1.82) is 0 Å². The van der Waals surface area contributed by atoms with Crippen molar-refractivity contribution in [2.24, 2.45) is 0 Å². The van der Waals surface area contributed by atoms with Gasteiger partial charge in [0.25, 0.3) is 0 Å². The van der Waals surface area contributed by atoms with Crippen molar-refractivity contribution < 1.29 is 18.1 Å². The molecule has 0 bridgehead atoms. The Morgan fingerprint density at radius 3 is 1.73 bits per heavy atom. The van der Waals surface area contributed by atoms with E-state index in [4.69, 9.17) is 13.6 Å². The molecule has 0 fully saturated rings. The smallest absolute Gasteiger partial charge is 0.394 e. The van der Waals surface area contributed by atoms with Crippen molar-refractivity contribution in [3.63, 3.8) is 0 Å². The molecule has 4 nitrogen and oxygen atoms in total. The Hall–Kier alpha value is -1.77. The Balaban J connectivity index is 2.35. The first-order chi connectivity index (χ1) is 12.3. The van der Waals surface area contributed by atoms with Crippen LogP contribution in [0.2, 0.25) is 0 Å². The van der Waals surface area contributed by atoms with Gasteiger partial charge in [0.2, 0.25) is 0 Å². The maximum Gasteiger partial charge on any atom is 0.587 e. The summed E-state index contributed by atoms with van der Waals surface area (Å²) in [6.45, 7) is 12.3. The third-order valence-electron chi connectivity index (χ3n) is 4.75. The fourth-order valence-electron chi connectivity index (χ4n) is 3.80. The number of phosphoric acid groups is 1. The van der Waals surface area contributed by atoms with Crippen LogP contribution in [-0.4, -0.2) is 6.61 Å². The fourth-order valence-corrected chi connectivity index (χ4v) is 5.21. The van der Waals surface area contributed by atoms with E-state index in [1.807, 2.05) is 26.0 Å². The number of phosphoric ester groups is 1. The first-order valence-corrected chi connectivity index (χ1v) is 10.6. The molecule has 0 N–H and O–H groups in total. The van der Waals surface area contributed by atoms with E-state index in [9.17, 15) is 4.57 Å². The van der Waals surface area contributed by atoms with E-state index < -0.39 is 7.82 Å². The second kappa shape index (κ2) is 7.09. The molecule has 0 spiro atoms. The SMILES string of the molecule is CCOP1(=O)Oc2c(C)cc(C)cc2C(CC)c2cc(C)cc(C)c2O1. The Morgan fingerprint density at radius 1 is 0.885 bits per heavy atom. The number of hydrogen-bond donors (Lipinski definition) is 0. The van der Waals surface area contributed by atoms with Crippen LogP contribution in [0.15, 0.2) is 24.3 Å². The Labute approximate surface area is 156 Å². The molecular formula is C21H27O4P. The van der Waals surface area contributed by atoms with Crippen LogP contribution in [0.3, 0.4) is 0 Å². The largest absolute Gasteiger partial charge is 0.587 e. The lowest BCUT2D eigenvalue weighted by molar-refractivity contribution is 0.215. The summed E-state index contributed by atoms with van der Waals surface area (Å²) in [6, 6.07) is 8.32. The number of hydrogen-bond acceptors (Lipinski definition) is 4. The monoisotopic (exact) mass is 374 g/mol. The molecular weight excluding hydrogens is 347 g/mol. The Bertz CT molecular complexity index is 823. The highest BCUT2D eigenvalue weighted by Crippen LogP contribution is 2.57. The van der Waals surface area contributed by atoms with Crippen LogP contribution in [-0.2, 0) is 9.09 Å². The molecule has 1 aliphatic heterocycles. The van der Waals surface area contributed by atoms with Gasteiger partial charge in [-0.25, -0.2) is 4.57 Å². The quantitative estimate of drug-likeness (QED) is 0.585. The van der Waals surface area contributed by atoms with Gasteiger partial charge in [0, 0.05) is 17.0 Å². The molecule has 2 aromatic rings. The molecule has 0 saturated heterocycles. The third-order valence-corrected chi connectivity index (χ3v) is 6.13. The van der Waals surface area contributed by atoms with Gasteiger partial charge in [-0.15, -0.1) is 0 Å². The molecule has 0 atom stereocenters. The minimum atomic E-state index is -3.77. The predicted molar refractivity (Wildman–Crippen MR) is 104 cm³/mol. The summed E-state index contributed by atoms with van der Waals surface area (Å²) in [6.07, 6.45) is 0.886. The molecule has 0 amide bonds. The minimum Gasteiger partial charge on any atom is -0.394 e. The molecule has 26 heavy (non-hydrogen) atoms. The van der Waals surface area contributed by atoms with Gasteiger partial charge in [-0.05, 0) is 52.2 Å². The fraction of sp³-hybridized carbons (Fsp3) is 0.429. The van der Waals surface area contributed by atoms with Crippen LogP contribution in [0.4, 0.5) is 0 Å². The topological polar surface area (TPSA) is 44.8 Å². The molecule has 0 unspecified atom stereocenters. The lowest BCUT2D eigenvalue weighted by Gasteiger charge is -2.31. The molecule has 1 aliphatic rings. The maximum absolute atomic E-state index is 13.3. The molecule has 0 saturated carbocycles. The van der Waals surface area contributed by atoms with Crippen LogP contribution in [0.1, 0.15) is 59.6 Å². The minimum absolute atomic E-state index is 0.104. The van der Waals surface area contributed by atoms with Crippen molar-refractivity contribution in [1.82, 2.24) is 0 Å². The maximum atomic E-state index is 13.3. The van der Waals surface area contributed by atoms with Crippen LogP contribution in [0.25, 0.3) is 0 Å². The van der Waals surface area contributed by atoms with Gasteiger partial charge in [0.05, 0.1) is 6.61 Å². The van der Waals surface area contributed by atoms with Gasteiger partial charge in [-0.1, -0.05) is 42.3 Å². The first kappa shape index (κ1) is 19.0. The third kappa shape index (κ3) is 3.41. The van der Waals surface area contributed by atoms with E-state index >= 15 is 0 Å². The van der Waals surface area contributed by atoms with E-state index in [-0.39, 0.29) is 12.5 Å². The molecule has 2 aromatic carbocycles. The zero-order chi connectivity index (χ0) is 19.1. The number of fused-ring (bicyclic) bond motifs is 2. The molecule has 140 valence electrons. The summed E-state index contributed by atoms with van der Waals surface area (Å²) in [4.78, 5) is 0. The molecule has 5 heteroatoms. The predicted octanol–water partition coefficient (Wildman–Crippen LogP) is 6.38. The average molecular weight is 374 g/mol. The summed E-state index contributed by atoms with van der Waals surface area (Å²) in [5, 5.41) is 0. The van der Waals surface area contributed by atoms with E-state index in [1.165, 1.54) is 0 Å². The van der Waals surface area contributed by atoms with Crippen molar-refractivity contribution in [3.8, 4) is 11.5 Å². The highest BCUT2D eigenvalue weighted by atomic mass is 31.2. The summed E-state index contributed by atoms with van der Waals surface area (Å²) in [7, 11) is -3.77. The van der Waals surface area contributed by atoms with Crippen molar-refractivity contribution in [2.75, 3.05) is 6.61 Å². The zero-order valence-corrected chi connectivity index (χ0v) is 17.3. The van der Waals surface area contributed by atoms with Gasteiger partial charge in [0.1, 0.15) is 11.5 Å². The molecule has 3 rings (SSSR count). The van der Waals surface area contributed by atoms with Crippen LogP contribution >= 0.6 is 7.82 Å². The number of aryl methyl sites for hydroxylation is 4. The van der Waals surface area contributed by atoms with E-state index in [2.05, 4.69) is 32.9 Å². The van der Waals surface area contributed by atoms with E-state index in [0.717, 1.165) is 39.8 Å². The Kier molecular flexibility index (Phi) is 5.18. The summed E-state index contributed by atoms with van der Waals surface area (Å²) in [5.74, 6) is 1.33. The van der Waals surface area contributed by atoms with E-state index in [1.54, 1.807) is 6.92 Å². The lowest BCUT2D eigenvalue weighted by atomic mass is 9.84. The van der Waals surface area contributed by atoms with Crippen molar-refractivity contribution >= 4 is 7.82 Å². The van der Waals surface area contributed by atoms with Crippen LogP contribution in [0, 0.1) is 27.7 Å². The summed E-state index contributed by atoms with van der Waals surface area (Å²) in [5.41, 5.74) is 6.27. The molecule has 0 radical (unpaired) electrons. The average Bonchev–Trinajstić information content (AvgIpc) is 2.53. The first-order valence-electron chi connectivity index (χ1n) is 9.14. The van der Waals surface area contributed by atoms with Crippen LogP contribution in [0.5, 0.6) is 11.5 Å². The van der Waals surface area contributed by atoms with Gasteiger partial charge < -0.3 is 9.05 Å². The van der Waals surface area contributed by atoms with Gasteiger partial charge in [0.15, 0.2) is 0 Å². The molecule has 1 heterocycles. The van der Waals surface area contributed by atoms with Crippen LogP contribution < -0.4 is 9.05 Å². The summed E-state index contributed by atoms with van der Waals surface area (Å²) < 4.78 is 30.7. The number of benzene rings is 2. The zero-order valence-electron chi connectivity index (χ0n) is 16.4. The molecule has 0 aliphatic carbocycles. The number of rotatable bonds is 3. The summed E-state index contributed by atoms with van der Waals surface area (Å²) >= 11 is 0. The highest BCUT2D eigenvalue weighted by molar-refractivity contribution is 7.49. The lowest BCUT2D eigenvalue weighted by Crippen LogP contribution is -2.15. The van der Waals surface area contributed by atoms with Crippen molar-refractivity contribution in [3.05, 3.63) is 57.6 Å². The second-order valence-electron chi connectivity index (χ2n) is 7.01. The van der Waals surface area contributed by atoms with Gasteiger partial charge in [-0.3, -0.25) is 4.52 Å².